The fourth-order valence-corrected chi connectivity index (χ4v) is 8.41. The summed E-state index contributed by atoms with van der Waals surface area (Å²) >= 11 is 0. The largest absolute Gasteiger partial charge is 0.346 e. The van der Waals surface area contributed by atoms with Gasteiger partial charge in [-0.15, -0.1) is 6.58 Å². The van der Waals surface area contributed by atoms with E-state index in [9.17, 15) is 32.4 Å². The third-order valence-electron chi connectivity index (χ3n) is 9.99. The average Bonchev–Trinajstić information content (AvgIpc) is 3.72. The molecule has 1 unspecified atom stereocenters. The van der Waals surface area contributed by atoms with Crippen molar-refractivity contribution in [2.24, 2.45) is 17.3 Å². The summed E-state index contributed by atoms with van der Waals surface area (Å²) < 4.78 is 25.6. The van der Waals surface area contributed by atoms with E-state index in [4.69, 9.17) is 0 Å². The highest BCUT2D eigenvalue weighted by Crippen LogP contribution is 2.35. The van der Waals surface area contributed by atoms with Gasteiger partial charge in [-0.2, -0.15) is 0 Å². The van der Waals surface area contributed by atoms with Crippen molar-refractivity contribution in [3.63, 3.8) is 0 Å². The molecule has 5 amide bonds. The van der Waals surface area contributed by atoms with Crippen molar-refractivity contribution in [2.45, 2.75) is 142 Å². The monoisotopic (exact) mass is 719 g/mol. The number of Topliss-reactive ketones (excluding diaryl/α,β-unsaturated/α-hetero) is 1. The van der Waals surface area contributed by atoms with Gasteiger partial charge in [-0.1, -0.05) is 70.6 Å². The molecule has 0 radical (unpaired) electrons. The van der Waals surface area contributed by atoms with Gasteiger partial charge in [0.15, 0.2) is 9.84 Å². The molecular weight excluding hydrogens is 659 g/mol. The van der Waals surface area contributed by atoms with Crippen LogP contribution in [0.2, 0.25) is 0 Å². The Bertz CT molecular complexity index is 1430. The highest BCUT2D eigenvalue weighted by molar-refractivity contribution is 7.92. The molecule has 1 heterocycles. The first-order chi connectivity index (χ1) is 23.1. The molecule has 4 N–H and O–H groups in total. The Morgan fingerprint density at radius 3 is 2.10 bits per heavy atom. The first-order valence-corrected chi connectivity index (χ1v) is 19.7. The van der Waals surface area contributed by atoms with Crippen LogP contribution in [0.15, 0.2) is 24.3 Å². The molecule has 0 aromatic rings. The van der Waals surface area contributed by atoms with E-state index in [1.54, 1.807) is 20.8 Å². The van der Waals surface area contributed by atoms with Crippen LogP contribution in [0.4, 0.5) is 4.79 Å². The summed E-state index contributed by atoms with van der Waals surface area (Å²) in [4.78, 5) is 69.4. The molecule has 1 aliphatic heterocycles. The van der Waals surface area contributed by atoms with Crippen molar-refractivity contribution in [2.75, 3.05) is 18.8 Å². The van der Waals surface area contributed by atoms with E-state index in [2.05, 4.69) is 27.8 Å². The predicted octanol–water partition coefficient (Wildman–Crippen LogP) is 3.96. The van der Waals surface area contributed by atoms with Gasteiger partial charge < -0.3 is 26.2 Å². The maximum absolute atomic E-state index is 14.5. The molecule has 3 rings (SSSR count). The van der Waals surface area contributed by atoms with Crippen LogP contribution < -0.4 is 21.3 Å². The van der Waals surface area contributed by atoms with Crippen LogP contribution >= 0.6 is 0 Å². The Morgan fingerprint density at radius 2 is 1.58 bits per heavy atom. The average molecular weight is 720 g/mol. The minimum Gasteiger partial charge on any atom is -0.346 e. The summed E-state index contributed by atoms with van der Waals surface area (Å²) in [7, 11) is -3.57. The van der Waals surface area contributed by atoms with Crippen molar-refractivity contribution in [3.05, 3.63) is 24.3 Å². The lowest BCUT2D eigenvalue weighted by molar-refractivity contribution is -0.143. The number of nitrogens with one attached hydrogen (secondary N) is 4. The Labute approximate surface area is 299 Å². The second-order valence-electron chi connectivity index (χ2n) is 17.0. The number of allylic oxidation sites excluding steroid dienone is 1. The number of carbonyl (C=O) groups excluding carboxylic acids is 5. The van der Waals surface area contributed by atoms with Gasteiger partial charge in [0, 0.05) is 13.1 Å². The molecule has 50 heavy (non-hydrogen) atoms. The summed E-state index contributed by atoms with van der Waals surface area (Å²) in [5, 5.41) is 11.2. The maximum atomic E-state index is 14.5. The van der Waals surface area contributed by atoms with Crippen LogP contribution in [-0.4, -0.2) is 90.1 Å². The van der Waals surface area contributed by atoms with Gasteiger partial charge in [-0.3, -0.25) is 19.2 Å². The van der Waals surface area contributed by atoms with E-state index >= 15 is 0 Å². The minimum atomic E-state index is -3.57. The van der Waals surface area contributed by atoms with Gasteiger partial charge in [-0.05, 0) is 77.6 Å². The summed E-state index contributed by atoms with van der Waals surface area (Å²) in [6.45, 7) is 18.2. The van der Waals surface area contributed by atoms with E-state index in [1.807, 2.05) is 40.7 Å². The van der Waals surface area contributed by atoms with Gasteiger partial charge in [0.05, 0.1) is 22.1 Å². The van der Waals surface area contributed by atoms with Crippen LogP contribution in [0.25, 0.3) is 0 Å². The van der Waals surface area contributed by atoms with E-state index in [0.29, 0.717) is 25.7 Å². The normalized spacial score (nSPS) is 22.0. The van der Waals surface area contributed by atoms with Gasteiger partial charge in [-0.25, -0.2) is 13.2 Å². The van der Waals surface area contributed by atoms with Gasteiger partial charge in [0.25, 0.3) is 5.91 Å². The van der Waals surface area contributed by atoms with Crippen LogP contribution in [0.1, 0.15) is 113 Å². The Balaban J connectivity index is 1.87. The molecule has 12 nitrogen and oxygen atoms in total. The SMILES string of the molecule is C=CCNC(=O)C(=O)[C@H](CC1CC1)NC(=O)[C@@H]1CC(C=C(C)C)CN1C(=O)[C@@H](NC(=O)NC1(CS(=O)(=O)C(C)(C)C)CCCCC1)C(C)(C)C. The molecule has 4 atom stereocenters. The lowest BCUT2D eigenvalue weighted by atomic mass is 9.83. The number of rotatable bonds is 14. The third-order valence-corrected chi connectivity index (χ3v) is 12.8. The Hall–Kier alpha value is -3.22. The van der Waals surface area contributed by atoms with Crippen LogP contribution in [0.3, 0.4) is 0 Å². The smallest absolute Gasteiger partial charge is 0.315 e. The lowest BCUT2D eigenvalue weighted by Gasteiger charge is -2.41. The first-order valence-electron chi connectivity index (χ1n) is 18.1. The third kappa shape index (κ3) is 11.1. The molecule has 1 saturated heterocycles. The predicted molar refractivity (Wildman–Crippen MR) is 195 cm³/mol. The number of hydrogen-bond acceptors (Lipinski definition) is 7. The van der Waals surface area contributed by atoms with Crippen LogP contribution in [0, 0.1) is 17.3 Å². The molecule has 0 bridgehead atoms. The maximum Gasteiger partial charge on any atom is 0.315 e. The number of carbonyl (C=O) groups is 5. The van der Waals surface area contributed by atoms with Crippen LogP contribution in [0.5, 0.6) is 0 Å². The van der Waals surface area contributed by atoms with Crippen molar-refractivity contribution >= 4 is 39.4 Å². The zero-order chi connectivity index (χ0) is 37.7. The van der Waals surface area contributed by atoms with Crippen molar-refractivity contribution in [1.29, 1.82) is 0 Å². The molecule has 13 heteroatoms. The van der Waals surface area contributed by atoms with Gasteiger partial charge >= 0.3 is 6.03 Å². The quantitative estimate of drug-likeness (QED) is 0.156. The second-order valence-corrected chi connectivity index (χ2v) is 19.7. The first kappa shape index (κ1) is 41.2. The van der Waals surface area contributed by atoms with E-state index in [0.717, 1.165) is 37.7 Å². The summed E-state index contributed by atoms with van der Waals surface area (Å²) in [6, 6.07) is -3.66. The van der Waals surface area contributed by atoms with E-state index in [-0.39, 0.29) is 30.7 Å². The fraction of sp³-hybridized carbons (Fsp3) is 0.757. The molecule has 282 valence electrons. The summed E-state index contributed by atoms with van der Waals surface area (Å²) in [5.74, 6) is -2.62. The fourth-order valence-electron chi connectivity index (χ4n) is 6.89. The Morgan fingerprint density at radius 1 is 0.960 bits per heavy atom. The molecule has 3 fully saturated rings. The molecule has 2 saturated carbocycles. The summed E-state index contributed by atoms with van der Waals surface area (Å²) in [5.41, 5.74) is -0.724. The molecule has 3 aliphatic rings. The van der Waals surface area contributed by atoms with Gasteiger partial charge in [0.1, 0.15) is 12.1 Å². The zero-order valence-electron chi connectivity index (χ0n) is 31.4. The van der Waals surface area contributed by atoms with E-state index in [1.165, 1.54) is 11.0 Å². The lowest BCUT2D eigenvalue weighted by Crippen LogP contribution is -2.63. The number of ketones is 1. The number of amides is 5. The van der Waals surface area contributed by atoms with Crippen LogP contribution in [-0.2, 0) is 29.0 Å². The van der Waals surface area contributed by atoms with Gasteiger partial charge in [0.2, 0.25) is 17.6 Å². The molecular formula is C37H61N5O7S. The molecule has 2 aliphatic carbocycles. The highest BCUT2D eigenvalue weighted by atomic mass is 32.2. The number of likely N-dealkylation sites (tertiary alicyclic amines) is 1. The highest BCUT2D eigenvalue weighted by Gasteiger charge is 2.47. The number of hydrogen-bond donors (Lipinski definition) is 4. The topological polar surface area (TPSA) is 171 Å². The minimum absolute atomic E-state index is 0.117. The van der Waals surface area contributed by atoms with Crippen molar-refractivity contribution < 1.29 is 32.4 Å². The number of sulfone groups is 1. The standard InChI is InChI=1S/C37H61N5O7S/c1-10-18-38-32(45)29(43)27(20-25-14-15-25)39-31(44)28-21-26(19-24(2)3)22-42(28)33(46)30(35(4,5)6)40-34(47)41-37(16-12-11-13-17-37)23-50(48,49)36(7,8)9/h10,19,25-28,30H,1,11-18,20-23H2,2-9H3,(H,38,45)(H,39,44)(H2,40,41,47)/t26?,27-,28-,30+/m0/s1. The Kier molecular flexibility index (Phi) is 13.5. The van der Waals surface area contributed by atoms with Crippen molar-refractivity contribution in [3.8, 4) is 0 Å². The number of urea groups is 1. The van der Waals surface area contributed by atoms with E-state index < -0.39 is 73.2 Å². The molecule has 0 spiro atoms. The number of nitrogens with zero attached hydrogens (tertiary/aromatic N) is 1. The molecule has 0 aromatic carbocycles. The molecule has 0 aromatic heterocycles. The summed E-state index contributed by atoms with van der Waals surface area (Å²) in [6.07, 6.45) is 9.47. The zero-order valence-corrected chi connectivity index (χ0v) is 32.3. The van der Waals surface area contributed by atoms with Crippen molar-refractivity contribution in [1.82, 2.24) is 26.2 Å². The second kappa shape index (κ2) is 16.4.